The van der Waals surface area contributed by atoms with E-state index in [-0.39, 0.29) is 0 Å². The molecule has 0 heterocycles. The van der Waals surface area contributed by atoms with E-state index in [4.69, 9.17) is 10.5 Å². The Hall–Kier alpha value is -1.26. The molecule has 19 heavy (non-hydrogen) atoms. The van der Waals surface area contributed by atoms with Gasteiger partial charge in [0.1, 0.15) is 18.5 Å². The molecule has 1 unspecified atom stereocenters. The molecule has 3 N–H and O–H groups in total. The summed E-state index contributed by atoms with van der Waals surface area (Å²) in [5.74, 6) is 1.53. The van der Waals surface area contributed by atoms with Crippen LogP contribution in [0.5, 0.6) is 5.75 Å². The summed E-state index contributed by atoms with van der Waals surface area (Å²) < 4.78 is 5.54. The van der Waals surface area contributed by atoms with E-state index in [1.807, 2.05) is 18.2 Å². The van der Waals surface area contributed by atoms with Crippen LogP contribution in [0, 0.1) is 5.92 Å². The first kappa shape index (κ1) is 14.2. The third kappa shape index (κ3) is 4.73. The molecule has 1 aliphatic rings. The molecule has 1 saturated carbocycles. The normalized spacial score (nSPS) is 17.2. The molecule has 0 spiro atoms. The second kappa shape index (κ2) is 6.78. The van der Waals surface area contributed by atoms with Crippen molar-refractivity contribution in [3.63, 3.8) is 0 Å². The van der Waals surface area contributed by atoms with Gasteiger partial charge in [0.05, 0.1) is 0 Å². The third-order valence-electron chi connectivity index (χ3n) is 3.62. The number of aliphatic hydroxyl groups excluding tert-OH is 1. The van der Waals surface area contributed by atoms with Crippen molar-refractivity contribution in [3.05, 3.63) is 24.3 Å². The third-order valence-corrected chi connectivity index (χ3v) is 3.62. The van der Waals surface area contributed by atoms with E-state index in [0.29, 0.717) is 24.6 Å². The molecule has 4 nitrogen and oxygen atoms in total. The summed E-state index contributed by atoms with van der Waals surface area (Å²) in [5.41, 5.74) is 6.35. The first-order valence-corrected chi connectivity index (χ1v) is 6.98. The molecule has 0 radical (unpaired) electrons. The molecular formula is C15H24N2O2. The fraction of sp³-hybridized carbons (Fsp3) is 0.600. The van der Waals surface area contributed by atoms with Crippen LogP contribution in [0.2, 0.25) is 0 Å². The largest absolute Gasteiger partial charge is 0.491 e. The Kier molecular flexibility index (Phi) is 5.05. The van der Waals surface area contributed by atoms with Crippen LogP contribution in [0.3, 0.4) is 0 Å². The molecule has 1 atom stereocenters. The van der Waals surface area contributed by atoms with Gasteiger partial charge in [-0.25, -0.2) is 0 Å². The lowest BCUT2D eigenvalue weighted by atomic mass is 9.85. The van der Waals surface area contributed by atoms with Gasteiger partial charge in [-0.15, -0.1) is 0 Å². The van der Waals surface area contributed by atoms with Gasteiger partial charge < -0.3 is 20.5 Å². The zero-order chi connectivity index (χ0) is 13.7. The van der Waals surface area contributed by atoms with Gasteiger partial charge in [-0.1, -0.05) is 12.5 Å². The molecule has 2 rings (SSSR count). The number of hydrogen-bond donors (Lipinski definition) is 2. The molecule has 0 aromatic heterocycles. The van der Waals surface area contributed by atoms with Crippen molar-refractivity contribution in [3.8, 4) is 5.75 Å². The van der Waals surface area contributed by atoms with Crippen molar-refractivity contribution in [1.29, 1.82) is 0 Å². The number of anilines is 1. The maximum Gasteiger partial charge on any atom is 0.121 e. The zero-order valence-corrected chi connectivity index (χ0v) is 11.6. The number of nitrogens with two attached hydrogens (primary N) is 1. The van der Waals surface area contributed by atoms with E-state index in [1.165, 1.54) is 19.3 Å². The van der Waals surface area contributed by atoms with Crippen LogP contribution in [0.4, 0.5) is 5.69 Å². The van der Waals surface area contributed by atoms with E-state index >= 15 is 0 Å². The Morgan fingerprint density at radius 3 is 2.89 bits per heavy atom. The molecule has 0 bridgehead atoms. The molecule has 0 saturated heterocycles. The van der Waals surface area contributed by atoms with Gasteiger partial charge in [0.15, 0.2) is 0 Å². The van der Waals surface area contributed by atoms with Gasteiger partial charge in [0.2, 0.25) is 0 Å². The van der Waals surface area contributed by atoms with Crippen LogP contribution in [0.25, 0.3) is 0 Å². The number of aliphatic hydroxyl groups is 1. The highest BCUT2D eigenvalue weighted by Crippen LogP contribution is 2.26. The Labute approximate surface area is 115 Å². The second-order valence-corrected chi connectivity index (χ2v) is 5.56. The van der Waals surface area contributed by atoms with Crippen molar-refractivity contribution >= 4 is 5.69 Å². The molecule has 1 fully saturated rings. The minimum atomic E-state index is -0.466. The van der Waals surface area contributed by atoms with Gasteiger partial charge in [-0.3, -0.25) is 0 Å². The van der Waals surface area contributed by atoms with Gasteiger partial charge in [0.25, 0.3) is 0 Å². The SMILES string of the molecule is CN(CC(O)COc1cccc(N)c1)CC1CCC1. The number of hydrogen-bond acceptors (Lipinski definition) is 4. The van der Waals surface area contributed by atoms with Gasteiger partial charge in [-0.05, 0) is 37.9 Å². The van der Waals surface area contributed by atoms with Crippen molar-refractivity contribution < 1.29 is 9.84 Å². The number of benzene rings is 1. The lowest BCUT2D eigenvalue weighted by Crippen LogP contribution is -2.37. The average Bonchev–Trinajstić information content (AvgIpc) is 2.32. The molecule has 1 aromatic rings. The summed E-state index contributed by atoms with van der Waals surface area (Å²) in [4.78, 5) is 2.19. The highest BCUT2D eigenvalue weighted by molar-refractivity contribution is 5.43. The summed E-state index contributed by atoms with van der Waals surface area (Å²) in [6, 6.07) is 7.28. The van der Waals surface area contributed by atoms with Gasteiger partial charge in [-0.2, -0.15) is 0 Å². The lowest BCUT2D eigenvalue weighted by Gasteiger charge is -2.31. The zero-order valence-electron chi connectivity index (χ0n) is 11.6. The molecule has 4 heteroatoms. The van der Waals surface area contributed by atoms with Crippen LogP contribution in [-0.2, 0) is 0 Å². The van der Waals surface area contributed by atoms with E-state index in [1.54, 1.807) is 6.07 Å². The summed E-state index contributed by atoms with van der Waals surface area (Å²) >= 11 is 0. The Morgan fingerprint density at radius 2 is 2.26 bits per heavy atom. The highest BCUT2D eigenvalue weighted by atomic mass is 16.5. The van der Waals surface area contributed by atoms with Crippen molar-refractivity contribution in [2.24, 2.45) is 5.92 Å². The van der Waals surface area contributed by atoms with E-state index in [0.717, 1.165) is 12.5 Å². The topological polar surface area (TPSA) is 58.7 Å². The maximum atomic E-state index is 9.96. The van der Waals surface area contributed by atoms with E-state index in [9.17, 15) is 5.11 Å². The summed E-state index contributed by atoms with van der Waals surface area (Å²) in [7, 11) is 2.06. The molecule has 1 aliphatic carbocycles. The summed E-state index contributed by atoms with van der Waals surface area (Å²) in [6.45, 7) is 2.03. The van der Waals surface area contributed by atoms with Crippen LogP contribution in [0.1, 0.15) is 19.3 Å². The fourth-order valence-corrected chi connectivity index (χ4v) is 2.40. The molecule has 1 aromatic carbocycles. The average molecular weight is 264 g/mol. The number of nitrogens with zero attached hydrogens (tertiary/aromatic N) is 1. The monoisotopic (exact) mass is 264 g/mol. The number of nitrogen functional groups attached to an aromatic ring is 1. The Bertz CT molecular complexity index is 393. The summed E-state index contributed by atoms with van der Waals surface area (Å²) in [5, 5.41) is 9.96. The van der Waals surface area contributed by atoms with E-state index < -0.39 is 6.10 Å². The van der Waals surface area contributed by atoms with Crippen molar-refractivity contribution in [1.82, 2.24) is 4.90 Å². The number of likely N-dealkylation sites (N-methyl/N-ethyl adjacent to an activating group) is 1. The highest BCUT2D eigenvalue weighted by Gasteiger charge is 2.20. The fourth-order valence-electron chi connectivity index (χ4n) is 2.40. The smallest absolute Gasteiger partial charge is 0.121 e. The molecular weight excluding hydrogens is 240 g/mol. The first-order valence-electron chi connectivity index (χ1n) is 6.98. The van der Waals surface area contributed by atoms with Crippen LogP contribution >= 0.6 is 0 Å². The van der Waals surface area contributed by atoms with Gasteiger partial charge in [0, 0.05) is 24.8 Å². The second-order valence-electron chi connectivity index (χ2n) is 5.56. The Balaban J connectivity index is 1.67. The van der Waals surface area contributed by atoms with Crippen LogP contribution < -0.4 is 10.5 Å². The quantitative estimate of drug-likeness (QED) is 0.737. The van der Waals surface area contributed by atoms with E-state index in [2.05, 4.69) is 11.9 Å². The van der Waals surface area contributed by atoms with Gasteiger partial charge >= 0.3 is 0 Å². The molecule has 0 amide bonds. The first-order chi connectivity index (χ1) is 9.13. The lowest BCUT2D eigenvalue weighted by molar-refractivity contribution is 0.0665. The molecule has 106 valence electrons. The Morgan fingerprint density at radius 1 is 1.47 bits per heavy atom. The minimum absolute atomic E-state index is 0.304. The predicted octanol–water partition coefficient (Wildman–Crippen LogP) is 1.74. The van der Waals surface area contributed by atoms with Crippen molar-refractivity contribution in [2.45, 2.75) is 25.4 Å². The molecule has 0 aliphatic heterocycles. The number of ether oxygens (including phenoxy) is 1. The van der Waals surface area contributed by atoms with Crippen LogP contribution in [-0.4, -0.2) is 42.9 Å². The number of rotatable bonds is 7. The van der Waals surface area contributed by atoms with Crippen molar-refractivity contribution in [2.75, 3.05) is 32.5 Å². The van der Waals surface area contributed by atoms with Crippen LogP contribution in [0.15, 0.2) is 24.3 Å². The summed E-state index contributed by atoms with van der Waals surface area (Å²) in [6.07, 6.45) is 3.56. The predicted molar refractivity (Wildman–Crippen MR) is 77.2 cm³/mol. The standard InChI is InChI=1S/C15H24N2O2/c1-17(9-12-4-2-5-12)10-14(18)11-19-15-7-3-6-13(16)8-15/h3,6-8,12,14,18H,2,4-5,9-11,16H2,1H3. The minimum Gasteiger partial charge on any atom is -0.491 e. The maximum absolute atomic E-state index is 9.96.